The van der Waals surface area contributed by atoms with Crippen LogP contribution in [-0.2, 0) is 16.8 Å². The number of ether oxygens (including phenoxy) is 1. The van der Waals surface area contributed by atoms with Gasteiger partial charge in [0.15, 0.2) is 5.82 Å². The number of fused-ring (bicyclic) bond motifs is 2. The minimum absolute atomic E-state index is 0.229. The normalized spacial score (nSPS) is 18.5. The average Bonchev–Trinajstić information content (AvgIpc) is 3.20. The summed E-state index contributed by atoms with van der Waals surface area (Å²) in [6, 6.07) is 5.60. The number of benzene rings is 1. The van der Waals surface area contributed by atoms with Crippen LogP contribution < -0.4 is 5.73 Å². The number of phenolic OH excluding ortho intramolecular Hbond substituents is 1. The first-order valence-electron chi connectivity index (χ1n) is 7.20. The van der Waals surface area contributed by atoms with Crippen molar-refractivity contribution in [3.63, 3.8) is 0 Å². The van der Waals surface area contributed by atoms with Gasteiger partial charge in [0.2, 0.25) is 0 Å². The first kappa shape index (κ1) is 12.6. The number of hydrogen-bond donors (Lipinski definition) is 2. The summed E-state index contributed by atoms with van der Waals surface area (Å²) in [6.45, 7) is 2.61. The minimum atomic E-state index is -0.247. The zero-order chi connectivity index (χ0) is 14.6. The quantitative estimate of drug-likeness (QED) is 0.839. The van der Waals surface area contributed by atoms with Crippen LogP contribution in [0, 0.1) is 6.92 Å². The maximum absolute atomic E-state index is 10.2. The number of phenols is 1. The van der Waals surface area contributed by atoms with Gasteiger partial charge in [0.1, 0.15) is 11.4 Å². The summed E-state index contributed by atoms with van der Waals surface area (Å²) >= 11 is 0. The average molecular weight is 283 g/mol. The summed E-state index contributed by atoms with van der Waals surface area (Å²) < 4.78 is 5.91. The van der Waals surface area contributed by atoms with Crippen LogP contribution in [0.15, 0.2) is 18.2 Å². The molecule has 108 valence electrons. The molecule has 3 N–H and O–H groups in total. The number of nitrogens with two attached hydrogens (primary N) is 1. The van der Waals surface area contributed by atoms with Gasteiger partial charge in [0.05, 0.1) is 12.2 Å². The lowest BCUT2D eigenvalue weighted by molar-refractivity contribution is 0.0201. The Bertz CT molecular complexity index is 739. The van der Waals surface area contributed by atoms with Gasteiger partial charge >= 0.3 is 0 Å². The first-order chi connectivity index (χ1) is 10.1. The summed E-state index contributed by atoms with van der Waals surface area (Å²) in [5.41, 5.74) is 10.3. The number of aromatic nitrogens is 2. The molecule has 1 fully saturated rings. The molecule has 0 unspecified atom stereocenters. The molecular weight excluding hydrogens is 266 g/mol. The van der Waals surface area contributed by atoms with E-state index in [0.29, 0.717) is 18.0 Å². The third kappa shape index (κ3) is 1.81. The van der Waals surface area contributed by atoms with Crippen LogP contribution in [0.5, 0.6) is 5.75 Å². The van der Waals surface area contributed by atoms with E-state index in [2.05, 4.69) is 10.2 Å². The molecule has 2 aromatic rings. The highest BCUT2D eigenvalue weighted by molar-refractivity contribution is 5.73. The van der Waals surface area contributed by atoms with Gasteiger partial charge in [-0.25, -0.2) is 0 Å². The van der Waals surface area contributed by atoms with Gasteiger partial charge in [-0.05, 0) is 49.4 Å². The lowest BCUT2D eigenvalue weighted by Gasteiger charge is -2.28. The van der Waals surface area contributed by atoms with E-state index in [4.69, 9.17) is 10.5 Å². The van der Waals surface area contributed by atoms with Crippen molar-refractivity contribution in [2.24, 2.45) is 0 Å². The predicted molar refractivity (Wildman–Crippen MR) is 78.9 cm³/mol. The second kappa shape index (κ2) is 4.18. The van der Waals surface area contributed by atoms with Crippen molar-refractivity contribution in [2.75, 3.05) is 12.3 Å². The molecule has 1 saturated carbocycles. The number of hydrogen-bond acceptors (Lipinski definition) is 5. The van der Waals surface area contributed by atoms with E-state index < -0.39 is 0 Å². The highest BCUT2D eigenvalue weighted by Gasteiger charge is 2.51. The summed E-state index contributed by atoms with van der Waals surface area (Å²) in [5.74, 6) is 0.685. The summed E-state index contributed by atoms with van der Waals surface area (Å²) in [7, 11) is 0. The van der Waals surface area contributed by atoms with Crippen LogP contribution in [0.3, 0.4) is 0 Å². The molecule has 1 aromatic carbocycles. The van der Waals surface area contributed by atoms with Crippen LogP contribution in [0.2, 0.25) is 0 Å². The molecule has 1 aromatic heterocycles. The number of aromatic hydroxyl groups is 1. The van der Waals surface area contributed by atoms with Gasteiger partial charge in [-0.3, -0.25) is 0 Å². The monoisotopic (exact) mass is 283 g/mol. The minimum Gasteiger partial charge on any atom is -0.507 e. The fourth-order valence-corrected chi connectivity index (χ4v) is 3.23. The van der Waals surface area contributed by atoms with Crippen LogP contribution in [-0.4, -0.2) is 21.9 Å². The molecule has 5 nitrogen and oxygen atoms in total. The smallest absolute Gasteiger partial charge is 0.152 e. The Hall–Kier alpha value is -2.14. The highest BCUT2D eigenvalue weighted by atomic mass is 16.5. The number of anilines is 1. The Kier molecular flexibility index (Phi) is 2.50. The van der Waals surface area contributed by atoms with Crippen molar-refractivity contribution in [3.05, 3.63) is 34.9 Å². The second-order valence-electron chi connectivity index (χ2n) is 5.90. The van der Waals surface area contributed by atoms with Crippen molar-refractivity contribution >= 4 is 5.82 Å². The van der Waals surface area contributed by atoms with E-state index in [1.807, 2.05) is 19.1 Å². The molecule has 4 rings (SSSR count). The molecule has 1 aliphatic heterocycles. The van der Waals surface area contributed by atoms with Gasteiger partial charge in [-0.1, -0.05) is 6.07 Å². The fourth-order valence-electron chi connectivity index (χ4n) is 3.23. The van der Waals surface area contributed by atoms with E-state index in [9.17, 15) is 5.11 Å². The number of nitrogens with zero attached hydrogens (tertiary/aromatic N) is 2. The van der Waals surface area contributed by atoms with Crippen LogP contribution >= 0.6 is 0 Å². The first-order valence-corrected chi connectivity index (χ1v) is 7.20. The lowest BCUT2D eigenvalue weighted by Crippen LogP contribution is -2.26. The Balaban J connectivity index is 1.95. The van der Waals surface area contributed by atoms with Gasteiger partial charge in [-0.15, -0.1) is 10.2 Å². The van der Waals surface area contributed by atoms with Gasteiger partial charge in [0.25, 0.3) is 0 Å². The topological polar surface area (TPSA) is 81.3 Å². The molecule has 0 radical (unpaired) electrons. The van der Waals surface area contributed by atoms with Crippen LogP contribution in [0.1, 0.15) is 29.5 Å². The van der Waals surface area contributed by atoms with Crippen LogP contribution in [0.4, 0.5) is 5.82 Å². The molecule has 21 heavy (non-hydrogen) atoms. The van der Waals surface area contributed by atoms with E-state index in [1.54, 1.807) is 6.07 Å². The SMILES string of the molecule is Cc1ccc(-c2nnc(N)c3c2CCOC32CC2)c(O)c1. The largest absolute Gasteiger partial charge is 0.507 e. The predicted octanol–water partition coefficient (Wildman–Crippen LogP) is 2.30. The zero-order valence-electron chi connectivity index (χ0n) is 11.9. The van der Waals surface area contributed by atoms with E-state index >= 15 is 0 Å². The van der Waals surface area contributed by atoms with Crippen molar-refractivity contribution in [1.29, 1.82) is 0 Å². The maximum atomic E-state index is 10.2. The van der Waals surface area contributed by atoms with Gasteiger partial charge in [0, 0.05) is 11.1 Å². The van der Waals surface area contributed by atoms with E-state index in [1.165, 1.54) is 0 Å². The third-order valence-corrected chi connectivity index (χ3v) is 4.40. The fraction of sp³-hybridized carbons (Fsp3) is 0.375. The van der Waals surface area contributed by atoms with Crippen molar-refractivity contribution in [3.8, 4) is 17.0 Å². The molecule has 2 heterocycles. The number of rotatable bonds is 1. The summed E-state index contributed by atoms with van der Waals surface area (Å²) in [6.07, 6.45) is 2.71. The maximum Gasteiger partial charge on any atom is 0.152 e. The Morgan fingerprint density at radius 2 is 2.10 bits per heavy atom. The standard InChI is InChI=1S/C16H17N3O2/c1-9-2-3-10(12(20)8-9)14-11-4-7-21-16(5-6-16)13(11)15(17)19-18-14/h2-3,8,20H,4-7H2,1H3,(H2,17,19). The molecule has 5 heteroatoms. The van der Waals surface area contributed by atoms with Crippen LogP contribution in [0.25, 0.3) is 11.3 Å². The van der Waals surface area contributed by atoms with Crippen molar-refractivity contribution in [2.45, 2.75) is 31.8 Å². The van der Waals surface area contributed by atoms with E-state index in [0.717, 1.165) is 41.6 Å². The Morgan fingerprint density at radius 3 is 2.81 bits per heavy atom. The highest BCUT2D eigenvalue weighted by Crippen LogP contribution is 2.55. The second-order valence-corrected chi connectivity index (χ2v) is 5.90. The summed E-state index contributed by atoms with van der Waals surface area (Å²) in [5, 5.41) is 18.6. The number of nitrogen functional groups attached to an aromatic ring is 1. The van der Waals surface area contributed by atoms with E-state index in [-0.39, 0.29) is 11.4 Å². The number of aryl methyl sites for hydroxylation is 1. The molecule has 2 aliphatic rings. The molecular formula is C16H17N3O2. The third-order valence-electron chi connectivity index (χ3n) is 4.40. The molecule has 0 atom stereocenters. The molecule has 0 bridgehead atoms. The van der Waals surface area contributed by atoms with Gasteiger partial charge in [-0.2, -0.15) is 0 Å². The Labute approximate surface area is 122 Å². The molecule has 0 saturated heterocycles. The Morgan fingerprint density at radius 1 is 1.29 bits per heavy atom. The zero-order valence-corrected chi connectivity index (χ0v) is 11.9. The van der Waals surface area contributed by atoms with Crippen molar-refractivity contribution in [1.82, 2.24) is 10.2 Å². The van der Waals surface area contributed by atoms with Crippen molar-refractivity contribution < 1.29 is 9.84 Å². The van der Waals surface area contributed by atoms with Gasteiger partial charge < -0.3 is 15.6 Å². The molecule has 1 spiro atoms. The lowest BCUT2D eigenvalue weighted by atomic mass is 9.92. The summed E-state index contributed by atoms with van der Waals surface area (Å²) in [4.78, 5) is 0. The molecule has 0 amide bonds. The molecule has 1 aliphatic carbocycles.